The Bertz CT molecular complexity index is 530. The minimum atomic E-state index is 0.0437. The van der Waals surface area contributed by atoms with Crippen LogP contribution in [0.25, 0.3) is 0 Å². The van der Waals surface area contributed by atoms with Crippen molar-refractivity contribution in [3.8, 4) is 0 Å². The van der Waals surface area contributed by atoms with Crippen molar-refractivity contribution in [1.82, 2.24) is 0 Å². The first-order valence-electron chi connectivity index (χ1n) is 9.66. The van der Waals surface area contributed by atoms with Gasteiger partial charge in [0.25, 0.3) is 0 Å². The zero-order valence-corrected chi connectivity index (χ0v) is 14.9. The first kappa shape index (κ1) is 14.3. The highest BCUT2D eigenvalue weighted by Gasteiger charge is 2.93. The average Bonchev–Trinajstić information content (AvgIpc) is 3.22. The van der Waals surface area contributed by atoms with Crippen LogP contribution in [0.15, 0.2) is 0 Å². The Labute approximate surface area is 135 Å². The molecular formula is C20H32O2. The maximum absolute atomic E-state index is 6.66. The number of ether oxygens (including phenoxy) is 2. The summed E-state index contributed by atoms with van der Waals surface area (Å²) in [6, 6.07) is 0. The lowest BCUT2D eigenvalue weighted by molar-refractivity contribution is 0.0605. The predicted octanol–water partition coefficient (Wildman–Crippen LogP) is 4.56. The predicted molar refractivity (Wildman–Crippen MR) is 86.6 cm³/mol. The normalized spacial score (nSPS) is 65.2. The molecule has 0 spiro atoms. The molecule has 8 unspecified atom stereocenters. The fourth-order valence-corrected chi connectivity index (χ4v) is 7.41. The maximum atomic E-state index is 6.66. The number of epoxide rings is 2. The smallest absolute Gasteiger partial charge is 0.130 e. The molecule has 2 heterocycles. The molecule has 0 radical (unpaired) electrons. The van der Waals surface area contributed by atoms with Gasteiger partial charge in [-0.2, -0.15) is 0 Å². The summed E-state index contributed by atoms with van der Waals surface area (Å²) < 4.78 is 12.8. The van der Waals surface area contributed by atoms with Crippen molar-refractivity contribution >= 4 is 0 Å². The molecule has 0 aromatic carbocycles. The van der Waals surface area contributed by atoms with Gasteiger partial charge in [0.15, 0.2) is 0 Å². The third kappa shape index (κ3) is 1.34. The van der Waals surface area contributed by atoms with Gasteiger partial charge in [-0.05, 0) is 68.1 Å². The van der Waals surface area contributed by atoms with Crippen molar-refractivity contribution in [3.63, 3.8) is 0 Å². The summed E-state index contributed by atoms with van der Waals surface area (Å²) in [7, 11) is 0. The monoisotopic (exact) mass is 304 g/mol. The molecule has 0 aromatic rings. The number of rotatable bonds is 1. The molecule has 124 valence electrons. The Morgan fingerprint density at radius 1 is 1.09 bits per heavy atom. The van der Waals surface area contributed by atoms with Crippen LogP contribution in [0, 0.1) is 29.1 Å². The van der Waals surface area contributed by atoms with E-state index in [0.717, 1.165) is 17.8 Å². The highest BCUT2D eigenvalue weighted by Crippen LogP contribution is 2.80. The number of fused-ring (bicyclic) bond motifs is 2. The van der Waals surface area contributed by atoms with Gasteiger partial charge in [0.2, 0.25) is 0 Å². The Balaban J connectivity index is 1.54. The van der Waals surface area contributed by atoms with Gasteiger partial charge in [-0.15, -0.1) is 0 Å². The number of hydrogen-bond donors (Lipinski definition) is 0. The second-order valence-electron chi connectivity index (χ2n) is 10.1. The van der Waals surface area contributed by atoms with Crippen molar-refractivity contribution in [2.24, 2.45) is 29.1 Å². The fraction of sp³-hybridized carbons (Fsp3) is 1.00. The van der Waals surface area contributed by atoms with Gasteiger partial charge in [0.05, 0.1) is 6.10 Å². The molecule has 2 aliphatic heterocycles. The summed E-state index contributed by atoms with van der Waals surface area (Å²) in [5.74, 6) is 3.35. The second-order valence-corrected chi connectivity index (χ2v) is 10.1. The Morgan fingerprint density at radius 2 is 1.86 bits per heavy atom. The van der Waals surface area contributed by atoms with Gasteiger partial charge in [-0.25, -0.2) is 0 Å². The van der Waals surface area contributed by atoms with Crippen molar-refractivity contribution in [2.45, 2.75) is 96.1 Å². The molecule has 3 saturated carbocycles. The van der Waals surface area contributed by atoms with Gasteiger partial charge < -0.3 is 9.47 Å². The van der Waals surface area contributed by atoms with E-state index in [1.54, 1.807) is 0 Å². The van der Waals surface area contributed by atoms with E-state index in [1.807, 2.05) is 0 Å². The molecule has 3 aliphatic carbocycles. The van der Waals surface area contributed by atoms with Crippen LogP contribution < -0.4 is 0 Å². The molecule has 0 aromatic heterocycles. The van der Waals surface area contributed by atoms with E-state index in [2.05, 4.69) is 34.6 Å². The van der Waals surface area contributed by atoms with Crippen LogP contribution >= 0.6 is 0 Å². The van der Waals surface area contributed by atoms with E-state index in [-0.39, 0.29) is 16.8 Å². The fourth-order valence-electron chi connectivity index (χ4n) is 7.41. The van der Waals surface area contributed by atoms with E-state index in [9.17, 15) is 0 Å². The number of hydrogen-bond acceptors (Lipinski definition) is 2. The van der Waals surface area contributed by atoms with Gasteiger partial charge in [0.1, 0.15) is 16.8 Å². The molecule has 2 heteroatoms. The van der Waals surface area contributed by atoms with Crippen molar-refractivity contribution in [2.75, 3.05) is 0 Å². The Hall–Kier alpha value is -0.0800. The largest absolute Gasteiger partial charge is 0.363 e. The summed E-state index contributed by atoms with van der Waals surface area (Å²) in [4.78, 5) is 0. The summed E-state index contributed by atoms with van der Waals surface area (Å²) >= 11 is 0. The lowest BCUT2D eigenvalue weighted by Gasteiger charge is -2.41. The molecule has 5 fully saturated rings. The van der Waals surface area contributed by atoms with Crippen LogP contribution in [0.5, 0.6) is 0 Å². The van der Waals surface area contributed by atoms with Gasteiger partial charge in [0, 0.05) is 6.42 Å². The third-order valence-corrected chi connectivity index (χ3v) is 8.91. The molecular weight excluding hydrogens is 272 g/mol. The van der Waals surface area contributed by atoms with Crippen molar-refractivity contribution in [3.05, 3.63) is 0 Å². The van der Waals surface area contributed by atoms with E-state index in [1.165, 1.54) is 38.5 Å². The first-order chi connectivity index (χ1) is 10.3. The standard InChI is InChI=1S/C20H32O2/c1-12(2)14-8-9-17(4)11-20-18(5)16(21-18)10-19(20,22-20)13(3)6-7-15(14)17/h12-16H,6-11H2,1-5H3. The second kappa shape index (κ2) is 3.77. The summed E-state index contributed by atoms with van der Waals surface area (Å²) in [5.41, 5.74) is 0.751. The first-order valence-corrected chi connectivity index (χ1v) is 9.66. The van der Waals surface area contributed by atoms with Crippen LogP contribution in [-0.4, -0.2) is 22.9 Å². The van der Waals surface area contributed by atoms with E-state index in [0.29, 0.717) is 17.4 Å². The zero-order chi connectivity index (χ0) is 15.5. The van der Waals surface area contributed by atoms with Crippen molar-refractivity contribution in [1.29, 1.82) is 0 Å². The minimum Gasteiger partial charge on any atom is -0.363 e. The van der Waals surface area contributed by atoms with Crippen LogP contribution in [-0.2, 0) is 9.47 Å². The van der Waals surface area contributed by atoms with Crippen LogP contribution in [0.1, 0.15) is 73.1 Å². The van der Waals surface area contributed by atoms with Gasteiger partial charge in [-0.3, -0.25) is 0 Å². The van der Waals surface area contributed by atoms with Crippen LogP contribution in [0.2, 0.25) is 0 Å². The van der Waals surface area contributed by atoms with E-state index in [4.69, 9.17) is 9.47 Å². The average molecular weight is 304 g/mol. The molecule has 2 nitrogen and oxygen atoms in total. The SMILES string of the molecule is CC(C)C1CCC2(C)CC34OC3(CC3OC34C)C(C)CCC12. The Morgan fingerprint density at radius 3 is 2.59 bits per heavy atom. The topological polar surface area (TPSA) is 25.1 Å². The lowest BCUT2D eigenvalue weighted by Crippen LogP contribution is -2.45. The maximum Gasteiger partial charge on any atom is 0.130 e. The minimum absolute atomic E-state index is 0.0437. The summed E-state index contributed by atoms with van der Waals surface area (Å²) in [6.45, 7) is 12.2. The molecule has 5 rings (SSSR count). The molecule has 22 heavy (non-hydrogen) atoms. The molecule has 0 bridgehead atoms. The molecule has 0 N–H and O–H groups in total. The third-order valence-electron chi connectivity index (χ3n) is 8.91. The van der Waals surface area contributed by atoms with E-state index >= 15 is 0 Å². The molecule has 0 amide bonds. The quantitative estimate of drug-likeness (QED) is 0.663. The highest BCUT2D eigenvalue weighted by atomic mass is 16.7. The zero-order valence-electron chi connectivity index (χ0n) is 14.9. The molecule has 8 atom stereocenters. The summed E-state index contributed by atoms with van der Waals surface area (Å²) in [6.07, 6.45) is 8.52. The molecule has 2 saturated heterocycles. The van der Waals surface area contributed by atoms with Gasteiger partial charge in [-0.1, -0.05) is 27.7 Å². The lowest BCUT2D eigenvalue weighted by atomic mass is 9.61. The van der Waals surface area contributed by atoms with Crippen LogP contribution in [0.4, 0.5) is 0 Å². The van der Waals surface area contributed by atoms with Crippen LogP contribution in [0.3, 0.4) is 0 Å². The molecule has 5 aliphatic rings. The summed E-state index contributed by atoms with van der Waals surface area (Å²) in [5, 5.41) is 0. The highest BCUT2D eigenvalue weighted by molar-refractivity contribution is 5.40. The van der Waals surface area contributed by atoms with E-state index < -0.39 is 0 Å². The van der Waals surface area contributed by atoms with Gasteiger partial charge >= 0.3 is 0 Å². The van der Waals surface area contributed by atoms with Crippen molar-refractivity contribution < 1.29 is 9.47 Å². The Kier molecular flexibility index (Phi) is 2.45.